The van der Waals surface area contributed by atoms with E-state index in [1.807, 2.05) is 19.9 Å². The number of benzene rings is 1. The van der Waals surface area contributed by atoms with Crippen molar-refractivity contribution in [2.24, 2.45) is 0 Å². The third-order valence-electron chi connectivity index (χ3n) is 5.35. The van der Waals surface area contributed by atoms with Crippen LogP contribution in [0.5, 0.6) is 5.75 Å². The number of aromatic nitrogens is 1. The van der Waals surface area contributed by atoms with Crippen molar-refractivity contribution in [3.05, 3.63) is 46.3 Å². The fourth-order valence-corrected chi connectivity index (χ4v) is 3.72. The molecule has 0 fully saturated rings. The number of carbonyl (C=O) groups excluding carboxylic acids is 2. The molecule has 1 aliphatic rings. The summed E-state index contributed by atoms with van der Waals surface area (Å²) < 4.78 is 5.21. The first-order valence-corrected chi connectivity index (χ1v) is 10.2. The highest BCUT2D eigenvalue weighted by Gasteiger charge is 2.26. The second kappa shape index (κ2) is 9.51. The number of anilines is 1. The number of amides is 2. The number of aryl methyl sites for hydroxylation is 1. The molecule has 164 valence electrons. The van der Waals surface area contributed by atoms with Crippen molar-refractivity contribution in [1.82, 2.24) is 10.3 Å². The molecule has 0 unspecified atom stereocenters. The van der Waals surface area contributed by atoms with Gasteiger partial charge in [-0.3, -0.25) is 14.4 Å². The monoisotopic (exact) mass is 425 g/mol. The number of carbonyl (C=O) groups is 3. The molecule has 0 aliphatic carbocycles. The number of nitrogens with one attached hydrogen (secondary N) is 3. The first-order chi connectivity index (χ1) is 14.8. The van der Waals surface area contributed by atoms with E-state index in [0.29, 0.717) is 41.2 Å². The Balaban J connectivity index is 1.73. The van der Waals surface area contributed by atoms with Gasteiger partial charge in [-0.25, -0.2) is 0 Å². The van der Waals surface area contributed by atoms with E-state index in [1.54, 1.807) is 25.3 Å². The first kappa shape index (κ1) is 22.1. The van der Waals surface area contributed by atoms with Crippen LogP contribution in [-0.2, 0) is 9.59 Å². The van der Waals surface area contributed by atoms with Gasteiger partial charge in [-0.15, -0.1) is 0 Å². The largest absolute Gasteiger partial charge is 0.497 e. The SMILES string of the molecule is COc1ccc2c(c1)NC(=O)/C2=C\c1[nH]c(C)c(C(=O)NCCCCCC(=O)O)c1C. The molecule has 31 heavy (non-hydrogen) atoms. The Labute approximate surface area is 180 Å². The molecule has 1 aliphatic heterocycles. The van der Waals surface area contributed by atoms with E-state index in [-0.39, 0.29) is 18.2 Å². The predicted octanol–water partition coefficient (Wildman–Crippen LogP) is 3.51. The average molecular weight is 425 g/mol. The van der Waals surface area contributed by atoms with Crippen LogP contribution in [0.4, 0.5) is 5.69 Å². The predicted molar refractivity (Wildman–Crippen MR) is 118 cm³/mol. The Bertz CT molecular complexity index is 1050. The molecule has 0 saturated heterocycles. The summed E-state index contributed by atoms with van der Waals surface area (Å²) in [6, 6.07) is 5.41. The number of aromatic amines is 1. The van der Waals surface area contributed by atoms with Crippen LogP contribution in [-0.4, -0.2) is 41.5 Å². The highest BCUT2D eigenvalue weighted by molar-refractivity contribution is 6.35. The molecular formula is C23H27N3O5. The minimum Gasteiger partial charge on any atom is -0.497 e. The number of fused-ring (bicyclic) bond motifs is 1. The van der Waals surface area contributed by atoms with E-state index in [4.69, 9.17) is 9.84 Å². The summed E-state index contributed by atoms with van der Waals surface area (Å²) in [5.41, 5.74) is 4.75. The maximum absolute atomic E-state index is 12.7. The van der Waals surface area contributed by atoms with E-state index in [2.05, 4.69) is 15.6 Å². The Morgan fingerprint density at radius 1 is 1.19 bits per heavy atom. The van der Waals surface area contributed by atoms with Crippen LogP contribution in [0.1, 0.15) is 58.6 Å². The van der Waals surface area contributed by atoms with Gasteiger partial charge in [0.2, 0.25) is 0 Å². The summed E-state index contributed by atoms with van der Waals surface area (Å²) in [6.07, 6.45) is 3.97. The first-order valence-electron chi connectivity index (χ1n) is 10.2. The number of aliphatic carboxylic acids is 1. The van der Waals surface area contributed by atoms with Crippen molar-refractivity contribution in [2.45, 2.75) is 39.5 Å². The van der Waals surface area contributed by atoms with Gasteiger partial charge >= 0.3 is 5.97 Å². The minimum atomic E-state index is -0.804. The van der Waals surface area contributed by atoms with Gasteiger partial charge in [0.05, 0.1) is 23.9 Å². The van der Waals surface area contributed by atoms with Crippen LogP contribution in [0, 0.1) is 13.8 Å². The molecule has 2 amide bonds. The lowest BCUT2D eigenvalue weighted by Crippen LogP contribution is -2.25. The Kier molecular flexibility index (Phi) is 6.79. The lowest BCUT2D eigenvalue weighted by molar-refractivity contribution is -0.137. The van der Waals surface area contributed by atoms with Crippen molar-refractivity contribution in [3.63, 3.8) is 0 Å². The quantitative estimate of drug-likeness (QED) is 0.362. The van der Waals surface area contributed by atoms with Gasteiger partial charge < -0.3 is 25.5 Å². The Morgan fingerprint density at radius 2 is 1.97 bits per heavy atom. The molecule has 2 heterocycles. The summed E-state index contributed by atoms with van der Waals surface area (Å²) in [6.45, 7) is 4.15. The average Bonchev–Trinajstić information content (AvgIpc) is 3.19. The van der Waals surface area contributed by atoms with Crippen LogP contribution >= 0.6 is 0 Å². The summed E-state index contributed by atoms with van der Waals surface area (Å²) >= 11 is 0. The maximum Gasteiger partial charge on any atom is 0.303 e. The summed E-state index contributed by atoms with van der Waals surface area (Å²) in [4.78, 5) is 38.9. The molecule has 1 aromatic carbocycles. The highest BCUT2D eigenvalue weighted by atomic mass is 16.5. The van der Waals surface area contributed by atoms with Crippen molar-refractivity contribution < 1.29 is 24.2 Å². The molecule has 8 nitrogen and oxygen atoms in total. The molecule has 1 aromatic heterocycles. The Hall–Kier alpha value is -3.55. The molecule has 0 saturated carbocycles. The minimum absolute atomic E-state index is 0.144. The molecule has 0 spiro atoms. The normalized spacial score (nSPS) is 13.8. The van der Waals surface area contributed by atoms with Crippen LogP contribution in [0.15, 0.2) is 18.2 Å². The number of ether oxygens (including phenoxy) is 1. The number of hydrogen-bond acceptors (Lipinski definition) is 4. The summed E-state index contributed by atoms with van der Waals surface area (Å²) in [5.74, 6) is -0.534. The molecule has 0 radical (unpaired) electrons. The molecule has 3 rings (SSSR count). The van der Waals surface area contributed by atoms with Crippen LogP contribution in [0.3, 0.4) is 0 Å². The van der Waals surface area contributed by atoms with E-state index >= 15 is 0 Å². The van der Waals surface area contributed by atoms with Crippen LogP contribution in [0.2, 0.25) is 0 Å². The van der Waals surface area contributed by atoms with E-state index in [1.165, 1.54) is 0 Å². The maximum atomic E-state index is 12.7. The smallest absolute Gasteiger partial charge is 0.303 e. The van der Waals surface area contributed by atoms with Gasteiger partial charge in [0.25, 0.3) is 11.8 Å². The van der Waals surface area contributed by atoms with Gasteiger partial charge in [0, 0.05) is 36.0 Å². The topological polar surface area (TPSA) is 121 Å². The summed E-state index contributed by atoms with van der Waals surface area (Å²) in [5, 5.41) is 14.4. The summed E-state index contributed by atoms with van der Waals surface area (Å²) in [7, 11) is 1.57. The zero-order valence-electron chi connectivity index (χ0n) is 17.9. The Morgan fingerprint density at radius 3 is 2.68 bits per heavy atom. The molecule has 8 heteroatoms. The van der Waals surface area contributed by atoms with E-state index in [0.717, 1.165) is 29.7 Å². The fourth-order valence-electron chi connectivity index (χ4n) is 3.72. The van der Waals surface area contributed by atoms with Gasteiger partial charge in [0.1, 0.15) is 5.75 Å². The lowest BCUT2D eigenvalue weighted by Gasteiger charge is -2.06. The van der Waals surface area contributed by atoms with E-state index < -0.39 is 5.97 Å². The second-order valence-electron chi connectivity index (χ2n) is 7.55. The van der Waals surface area contributed by atoms with Crippen molar-refractivity contribution >= 4 is 35.1 Å². The van der Waals surface area contributed by atoms with Gasteiger partial charge in [-0.2, -0.15) is 0 Å². The zero-order valence-corrected chi connectivity index (χ0v) is 17.9. The number of H-pyrrole nitrogens is 1. The van der Waals surface area contributed by atoms with E-state index in [9.17, 15) is 14.4 Å². The third-order valence-corrected chi connectivity index (χ3v) is 5.35. The number of carboxylic acids is 1. The molecular weight excluding hydrogens is 398 g/mol. The van der Waals surface area contributed by atoms with Gasteiger partial charge in [0.15, 0.2) is 0 Å². The second-order valence-corrected chi connectivity index (χ2v) is 7.55. The van der Waals surface area contributed by atoms with Crippen molar-refractivity contribution in [2.75, 3.05) is 19.0 Å². The van der Waals surface area contributed by atoms with Crippen LogP contribution < -0.4 is 15.4 Å². The fraction of sp³-hybridized carbons (Fsp3) is 0.348. The third kappa shape index (κ3) is 4.96. The molecule has 4 N–H and O–H groups in total. The number of unbranched alkanes of at least 4 members (excludes halogenated alkanes) is 2. The van der Waals surface area contributed by atoms with Crippen LogP contribution in [0.25, 0.3) is 11.6 Å². The lowest BCUT2D eigenvalue weighted by atomic mass is 10.0. The zero-order chi connectivity index (χ0) is 22.5. The molecule has 0 bridgehead atoms. The standard InChI is InChI=1S/C23H27N3O5/c1-13-18(12-17-16-9-8-15(31-3)11-19(16)26-22(17)29)25-14(2)21(13)23(30)24-10-6-4-5-7-20(27)28/h8-9,11-12,25H,4-7,10H2,1-3H3,(H,24,30)(H,26,29)(H,27,28)/b17-12-. The van der Waals surface area contributed by atoms with Crippen molar-refractivity contribution in [3.8, 4) is 5.75 Å². The number of rotatable bonds is 9. The highest BCUT2D eigenvalue weighted by Crippen LogP contribution is 2.36. The van der Waals surface area contributed by atoms with Crippen molar-refractivity contribution in [1.29, 1.82) is 0 Å². The van der Waals surface area contributed by atoms with Gasteiger partial charge in [-0.05, 0) is 50.5 Å². The molecule has 0 atom stereocenters. The molecule has 2 aromatic rings. The number of hydrogen-bond donors (Lipinski definition) is 4. The number of carboxylic acid groups (broad SMARTS) is 1. The number of methoxy groups -OCH3 is 1. The van der Waals surface area contributed by atoms with Gasteiger partial charge in [-0.1, -0.05) is 6.42 Å².